The van der Waals surface area contributed by atoms with Crippen molar-refractivity contribution < 1.29 is 14.3 Å². The van der Waals surface area contributed by atoms with Crippen LogP contribution in [-0.2, 0) is 9.53 Å². The Balaban J connectivity index is 1.50. The minimum Gasteiger partial charge on any atom is -0.381 e. The van der Waals surface area contributed by atoms with Crippen LogP contribution >= 0.6 is 0 Å². The molecule has 3 saturated heterocycles. The van der Waals surface area contributed by atoms with E-state index in [9.17, 15) is 9.59 Å². The van der Waals surface area contributed by atoms with Crippen LogP contribution < -0.4 is 5.32 Å². The minimum atomic E-state index is -0.438. The van der Waals surface area contributed by atoms with Gasteiger partial charge in [-0.05, 0) is 63.0 Å². The third-order valence-electron chi connectivity index (χ3n) is 7.33. The second kappa shape index (κ2) is 7.86. The van der Waals surface area contributed by atoms with E-state index in [1.165, 1.54) is 0 Å². The molecule has 4 rings (SSSR count). The number of amides is 2. The van der Waals surface area contributed by atoms with Gasteiger partial charge in [-0.2, -0.15) is 0 Å². The lowest BCUT2D eigenvalue weighted by molar-refractivity contribution is -0.133. The van der Waals surface area contributed by atoms with Crippen molar-refractivity contribution in [3.8, 4) is 0 Å². The molecule has 1 aromatic rings. The lowest BCUT2D eigenvalue weighted by atomic mass is 9.71. The van der Waals surface area contributed by atoms with E-state index in [2.05, 4.69) is 12.2 Å². The van der Waals surface area contributed by atoms with E-state index >= 15 is 0 Å². The summed E-state index contributed by atoms with van der Waals surface area (Å²) in [6.07, 6.45) is 5.56. The summed E-state index contributed by atoms with van der Waals surface area (Å²) in [7, 11) is 0. The van der Waals surface area contributed by atoms with Gasteiger partial charge in [0.05, 0.1) is 5.41 Å². The molecule has 0 aromatic heterocycles. The standard InChI is InChI=1S/C23H32N2O3/c1-3-23(22(27)24-15-17-10-12-28-13-11-17)14-18-8-9-20(23)25(18)21(26)19-7-5-4-6-16(19)2/h4-7,17-18,20H,3,8-15H2,1-2H3,(H,24,27)/t18-,20+,23+/m0/s1. The van der Waals surface area contributed by atoms with E-state index in [1.807, 2.05) is 36.1 Å². The first-order valence-electron chi connectivity index (χ1n) is 10.8. The van der Waals surface area contributed by atoms with Gasteiger partial charge in [-0.25, -0.2) is 0 Å². The van der Waals surface area contributed by atoms with Crippen LogP contribution in [0.4, 0.5) is 0 Å². The highest BCUT2D eigenvalue weighted by molar-refractivity contribution is 5.97. The fourth-order valence-corrected chi connectivity index (χ4v) is 5.59. The number of hydrogen-bond acceptors (Lipinski definition) is 3. The van der Waals surface area contributed by atoms with Crippen LogP contribution in [0.5, 0.6) is 0 Å². The van der Waals surface area contributed by atoms with Crippen molar-refractivity contribution in [3.63, 3.8) is 0 Å². The van der Waals surface area contributed by atoms with Crippen molar-refractivity contribution in [2.24, 2.45) is 11.3 Å². The van der Waals surface area contributed by atoms with Crippen molar-refractivity contribution in [1.29, 1.82) is 0 Å². The highest BCUT2D eigenvalue weighted by Crippen LogP contribution is 2.52. The smallest absolute Gasteiger partial charge is 0.254 e. The van der Waals surface area contributed by atoms with Gasteiger partial charge in [0.2, 0.25) is 5.91 Å². The predicted octanol–water partition coefficient (Wildman–Crippen LogP) is 3.31. The Labute approximate surface area is 167 Å². The topological polar surface area (TPSA) is 58.6 Å². The van der Waals surface area contributed by atoms with Gasteiger partial charge >= 0.3 is 0 Å². The molecule has 0 unspecified atom stereocenters. The Bertz CT molecular complexity index is 743. The monoisotopic (exact) mass is 384 g/mol. The molecule has 0 saturated carbocycles. The fourth-order valence-electron chi connectivity index (χ4n) is 5.59. The Kier molecular flexibility index (Phi) is 5.46. The van der Waals surface area contributed by atoms with E-state index in [4.69, 9.17) is 4.74 Å². The van der Waals surface area contributed by atoms with Crippen molar-refractivity contribution in [3.05, 3.63) is 35.4 Å². The number of aryl methyl sites for hydroxylation is 1. The Hall–Kier alpha value is -1.88. The number of rotatable bonds is 5. The van der Waals surface area contributed by atoms with Gasteiger partial charge in [0.25, 0.3) is 5.91 Å². The summed E-state index contributed by atoms with van der Waals surface area (Å²) in [5.41, 5.74) is 1.34. The summed E-state index contributed by atoms with van der Waals surface area (Å²) in [5.74, 6) is 0.754. The average Bonchev–Trinajstić information content (AvgIpc) is 3.29. The molecule has 1 N–H and O–H groups in total. The first-order chi connectivity index (χ1) is 13.6. The number of hydrogen-bond donors (Lipinski definition) is 1. The quantitative estimate of drug-likeness (QED) is 0.847. The molecule has 28 heavy (non-hydrogen) atoms. The second-order valence-corrected chi connectivity index (χ2v) is 8.75. The molecule has 1 aromatic carbocycles. The third-order valence-corrected chi connectivity index (χ3v) is 7.33. The summed E-state index contributed by atoms with van der Waals surface area (Å²) >= 11 is 0. The first-order valence-corrected chi connectivity index (χ1v) is 10.8. The maximum Gasteiger partial charge on any atom is 0.254 e. The predicted molar refractivity (Wildman–Crippen MR) is 108 cm³/mol. The van der Waals surface area contributed by atoms with Gasteiger partial charge in [0.15, 0.2) is 0 Å². The van der Waals surface area contributed by atoms with E-state index < -0.39 is 5.41 Å². The largest absolute Gasteiger partial charge is 0.381 e. The van der Waals surface area contributed by atoms with Crippen molar-refractivity contribution >= 4 is 11.8 Å². The maximum atomic E-state index is 13.3. The number of benzene rings is 1. The minimum absolute atomic E-state index is 0.0179. The van der Waals surface area contributed by atoms with E-state index in [0.29, 0.717) is 5.92 Å². The van der Waals surface area contributed by atoms with E-state index in [1.54, 1.807) is 0 Å². The van der Waals surface area contributed by atoms with Gasteiger partial charge in [0, 0.05) is 37.4 Å². The molecule has 3 heterocycles. The zero-order valence-corrected chi connectivity index (χ0v) is 17.1. The van der Waals surface area contributed by atoms with E-state index in [-0.39, 0.29) is 23.9 Å². The average molecular weight is 385 g/mol. The highest BCUT2D eigenvalue weighted by Gasteiger charge is 2.60. The van der Waals surface area contributed by atoms with Crippen LogP contribution in [0.15, 0.2) is 24.3 Å². The lowest BCUT2D eigenvalue weighted by Gasteiger charge is -2.36. The van der Waals surface area contributed by atoms with Gasteiger partial charge in [-0.15, -0.1) is 0 Å². The first kappa shape index (κ1) is 19.4. The van der Waals surface area contributed by atoms with Crippen molar-refractivity contribution in [1.82, 2.24) is 10.2 Å². The molecular weight excluding hydrogens is 352 g/mol. The molecule has 5 nitrogen and oxygen atoms in total. The van der Waals surface area contributed by atoms with Crippen LogP contribution in [0.2, 0.25) is 0 Å². The highest BCUT2D eigenvalue weighted by atomic mass is 16.5. The van der Waals surface area contributed by atoms with Crippen LogP contribution in [0.1, 0.15) is 61.4 Å². The van der Waals surface area contributed by atoms with Crippen molar-refractivity contribution in [2.75, 3.05) is 19.8 Å². The molecule has 5 heteroatoms. The van der Waals surface area contributed by atoms with Gasteiger partial charge in [0.1, 0.15) is 0 Å². The Morgan fingerprint density at radius 1 is 1.18 bits per heavy atom. The fraction of sp³-hybridized carbons (Fsp3) is 0.652. The number of nitrogens with zero attached hydrogens (tertiary/aromatic N) is 1. The molecule has 3 atom stereocenters. The Morgan fingerprint density at radius 2 is 1.93 bits per heavy atom. The Morgan fingerprint density at radius 3 is 2.64 bits per heavy atom. The molecule has 152 valence electrons. The third kappa shape index (κ3) is 3.24. The molecule has 3 fully saturated rings. The van der Waals surface area contributed by atoms with Crippen LogP contribution in [0.3, 0.4) is 0 Å². The summed E-state index contributed by atoms with van der Waals surface area (Å²) in [6.45, 7) is 6.41. The SMILES string of the molecule is CC[C@@]1(C(=O)NCC2CCOCC2)C[C@@H]2CC[C@H]1N2C(=O)c1ccccc1C. The van der Waals surface area contributed by atoms with Crippen LogP contribution in [-0.4, -0.2) is 48.6 Å². The van der Waals surface area contributed by atoms with E-state index in [0.717, 1.165) is 69.4 Å². The van der Waals surface area contributed by atoms with Gasteiger partial charge < -0.3 is 15.0 Å². The maximum absolute atomic E-state index is 13.3. The molecule has 0 radical (unpaired) electrons. The molecule has 3 aliphatic heterocycles. The molecule has 0 spiro atoms. The number of nitrogens with one attached hydrogen (secondary N) is 1. The zero-order chi connectivity index (χ0) is 19.7. The summed E-state index contributed by atoms with van der Waals surface area (Å²) in [5, 5.41) is 3.25. The summed E-state index contributed by atoms with van der Waals surface area (Å²) in [6, 6.07) is 7.99. The van der Waals surface area contributed by atoms with Crippen molar-refractivity contribution in [2.45, 2.75) is 64.5 Å². The molecule has 3 aliphatic rings. The molecule has 2 bridgehead atoms. The van der Waals surface area contributed by atoms with Crippen LogP contribution in [0.25, 0.3) is 0 Å². The number of carbonyl (C=O) groups is 2. The molecular formula is C23H32N2O3. The zero-order valence-electron chi connectivity index (χ0n) is 17.1. The number of fused-ring (bicyclic) bond motifs is 2. The van der Waals surface area contributed by atoms with Gasteiger partial charge in [-0.3, -0.25) is 9.59 Å². The summed E-state index contributed by atoms with van der Waals surface area (Å²) in [4.78, 5) is 28.7. The summed E-state index contributed by atoms with van der Waals surface area (Å²) < 4.78 is 5.42. The molecule has 2 amide bonds. The normalized spacial score (nSPS) is 29.9. The second-order valence-electron chi connectivity index (χ2n) is 8.75. The lowest BCUT2D eigenvalue weighted by Crippen LogP contribution is -2.50. The van der Waals surface area contributed by atoms with Gasteiger partial charge in [-0.1, -0.05) is 25.1 Å². The number of ether oxygens (including phenoxy) is 1. The number of carbonyl (C=O) groups excluding carboxylic acids is 2. The molecule has 0 aliphatic carbocycles. The van der Waals surface area contributed by atoms with Crippen LogP contribution in [0, 0.1) is 18.3 Å².